The van der Waals surface area contributed by atoms with Gasteiger partial charge in [0.2, 0.25) is 5.95 Å². The molecule has 1 aromatic heterocycles. The highest BCUT2D eigenvalue weighted by molar-refractivity contribution is 5.85. The van der Waals surface area contributed by atoms with Crippen LogP contribution in [0.4, 0.5) is 23.5 Å². The first kappa shape index (κ1) is 26.7. The Bertz CT molecular complexity index is 969. The Morgan fingerprint density at radius 2 is 1.60 bits per heavy atom. The van der Waals surface area contributed by atoms with E-state index in [1.54, 1.807) is 12.4 Å². The number of benzene rings is 1. The predicted octanol–water partition coefficient (Wildman–Crippen LogP) is 3.88. The Morgan fingerprint density at radius 3 is 2.14 bits per heavy atom. The molecule has 0 atom stereocenters. The largest absolute Gasteiger partial charge is 0.484 e. The van der Waals surface area contributed by atoms with Gasteiger partial charge < -0.3 is 15.4 Å². The van der Waals surface area contributed by atoms with Gasteiger partial charge in [0.15, 0.2) is 23.1 Å². The number of alkyl halides is 1. The van der Waals surface area contributed by atoms with E-state index < -0.39 is 40.9 Å². The molecule has 2 aromatic rings. The summed E-state index contributed by atoms with van der Waals surface area (Å²) >= 11 is 0. The fraction of sp³-hybridized carbons (Fsp3) is 0.542. The Kier molecular flexibility index (Phi) is 8.87. The van der Waals surface area contributed by atoms with Crippen molar-refractivity contribution in [3.05, 3.63) is 47.5 Å². The van der Waals surface area contributed by atoms with Gasteiger partial charge in [-0.3, -0.25) is 9.69 Å². The molecule has 4 rings (SSSR count). The molecule has 0 unspecified atom stereocenters. The van der Waals surface area contributed by atoms with Crippen molar-refractivity contribution in [2.45, 2.75) is 57.8 Å². The average Bonchev–Trinajstić information content (AvgIpc) is 2.85. The van der Waals surface area contributed by atoms with Gasteiger partial charge in [-0.15, -0.1) is 0 Å². The molecule has 192 valence electrons. The summed E-state index contributed by atoms with van der Waals surface area (Å²) in [6.07, 6.45) is 3.43. The van der Waals surface area contributed by atoms with E-state index in [-0.39, 0.29) is 31.9 Å². The van der Waals surface area contributed by atoms with Crippen LogP contribution in [0.25, 0.3) is 0 Å². The van der Waals surface area contributed by atoms with E-state index in [0.29, 0.717) is 44.6 Å². The molecule has 0 bridgehead atoms. The lowest BCUT2D eigenvalue weighted by Gasteiger charge is -2.40. The first-order valence-corrected chi connectivity index (χ1v) is 11.8. The molecule has 0 spiro atoms. The number of piperidine rings is 2. The number of ether oxygens (including phenoxy) is 1. The van der Waals surface area contributed by atoms with Crippen LogP contribution in [-0.4, -0.2) is 63.6 Å². The summed E-state index contributed by atoms with van der Waals surface area (Å²) in [6.45, 7) is 5.80. The Morgan fingerprint density at radius 1 is 1.06 bits per heavy atom. The van der Waals surface area contributed by atoms with Gasteiger partial charge in [-0.1, -0.05) is 13.8 Å². The number of nitrogens with zero attached hydrogens (tertiary/aromatic N) is 4. The molecular weight excluding hydrogens is 466 g/mol. The number of carbonyl (C=O) groups excluding carboxylic acids is 1. The smallest absolute Gasteiger partial charge is 0.260 e. The van der Waals surface area contributed by atoms with Gasteiger partial charge in [-0.2, -0.15) is 0 Å². The maximum Gasteiger partial charge on any atom is 0.260 e. The zero-order valence-electron chi connectivity index (χ0n) is 19.9. The van der Waals surface area contributed by atoms with Gasteiger partial charge in [-0.25, -0.2) is 27.5 Å². The predicted molar refractivity (Wildman–Crippen MR) is 123 cm³/mol. The fourth-order valence-electron chi connectivity index (χ4n) is 4.25. The topological polar surface area (TPSA) is 84.6 Å². The SMILES string of the molecule is CC.Nc1ncc(CN2CCC(F)(C(=O)N3CCC(Oc4c(F)cc(F)cc4F)CC3)CC2)cn1. The minimum Gasteiger partial charge on any atom is -0.484 e. The van der Waals surface area contributed by atoms with E-state index in [1.807, 2.05) is 18.7 Å². The first-order chi connectivity index (χ1) is 16.7. The van der Waals surface area contributed by atoms with Crippen LogP contribution in [0.2, 0.25) is 0 Å². The van der Waals surface area contributed by atoms with E-state index in [0.717, 1.165) is 5.56 Å². The highest BCUT2D eigenvalue weighted by Crippen LogP contribution is 2.32. The Balaban J connectivity index is 0.00000167. The minimum atomic E-state index is -1.95. The van der Waals surface area contributed by atoms with Crippen molar-refractivity contribution in [1.82, 2.24) is 19.8 Å². The van der Waals surface area contributed by atoms with Gasteiger partial charge in [0.05, 0.1) is 0 Å². The third-order valence-corrected chi connectivity index (χ3v) is 6.14. The quantitative estimate of drug-likeness (QED) is 0.632. The average molecular weight is 498 g/mol. The summed E-state index contributed by atoms with van der Waals surface area (Å²) in [5.74, 6) is -4.28. The summed E-state index contributed by atoms with van der Waals surface area (Å²) < 4.78 is 61.5. The number of likely N-dealkylation sites (tertiary alicyclic amines) is 2. The summed E-state index contributed by atoms with van der Waals surface area (Å²) in [6, 6.07) is 1.10. The molecule has 35 heavy (non-hydrogen) atoms. The first-order valence-electron chi connectivity index (χ1n) is 11.8. The number of nitrogen functional groups attached to an aromatic ring is 1. The monoisotopic (exact) mass is 497 g/mol. The molecule has 1 aromatic carbocycles. The molecule has 2 aliphatic rings. The molecule has 2 saturated heterocycles. The number of carbonyl (C=O) groups is 1. The van der Waals surface area contributed by atoms with Crippen LogP contribution < -0.4 is 10.5 Å². The Hall–Kier alpha value is -2.95. The number of amides is 1. The number of halogens is 4. The fourth-order valence-corrected chi connectivity index (χ4v) is 4.25. The third-order valence-electron chi connectivity index (χ3n) is 6.14. The zero-order valence-corrected chi connectivity index (χ0v) is 19.9. The summed E-state index contributed by atoms with van der Waals surface area (Å²) in [5.41, 5.74) is 4.39. The second-order valence-corrected chi connectivity index (χ2v) is 8.50. The van der Waals surface area contributed by atoms with Crippen LogP contribution >= 0.6 is 0 Å². The summed E-state index contributed by atoms with van der Waals surface area (Å²) in [7, 11) is 0. The highest BCUT2D eigenvalue weighted by atomic mass is 19.2. The molecule has 0 saturated carbocycles. The van der Waals surface area contributed by atoms with E-state index in [4.69, 9.17) is 10.5 Å². The molecular formula is C24H31F4N5O2. The number of anilines is 1. The van der Waals surface area contributed by atoms with Crippen molar-refractivity contribution in [2.75, 3.05) is 31.9 Å². The van der Waals surface area contributed by atoms with Crippen molar-refractivity contribution in [3.63, 3.8) is 0 Å². The van der Waals surface area contributed by atoms with Crippen molar-refractivity contribution in [3.8, 4) is 5.75 Å². The summed E-state index contributed by atoms with van der Waals surface area (Å²) in [4.78, 5) is 24.3. The number of aromatic nitrogens is 2. The van der Waals surface area contributed by atoms with E-state index >= 15 is 4.39 Å². The van der Waals surface area contributed by atoms with Crippen molar-refractivity contribution < 1.29 is 27.1 Å². The normalized spacial score (nSPS) is 18.5. The maximum absolute atomic E-state index is 15.5. The van der Waals surface area contributed by atoms with Crippen LogP contribution in [0.15, 0.2) is 24.5 Å². The van der Waals surface area contributed by atoms with Gasteiger partial charge in [0.1, 0.15) is 11.9 Å². The lowest BCUT2D eigenvalue weighted by atomic mass is 9.90. The lowest BCUT2D eigenvalue weighted by Crippen LogP contribution is -2.54. The van der Waals surface area contributed by atoms with Gasteiger partial charge in [0, 0.05) is 88.5 Å². The van der Waals surface area contributed by atoms with E-state index in [9.17, 15) is 18.0 Å². The Labute approximate surface area is 202 Å². The molecule has 1 amide bonds. The summed E-state index contributed by atoms with van der Waals surface area (Å²) in [5, 5.41) is 0. The van der Waals surface area contributed by atoms with E-state index in [1.165, 1.54) is 4.90 Å². The van der Waals surface area contributed by atoms with Crippen molar-refractivity contribution in [2.24, 2.45) is 0 Å². The van der Waals surface area contributed by atoms with E-state index in [2.05, 4.69) is 9.97 Å². The molecule has 0 radical (unpaired) electrons. The van der Waals surface area contributed by atoms with Crippen LogP contribution in [0.5, 0.6) is 5.75 Å². The minimum absolute atomic E-state index is 0.0735. The zero-order chi connectivity index (χ0) is 25.6. The molecule has 7 nitrogen and oxygen atoms in total. The molecule has 2 N–H and O–H groups in total. The number of hydrogen-bond donors (Lipinski definition) is 1. The van der Waals surface area contributed by atoms with Gasteiger partial charge in [-0.05, 0) is 0 Å². The molecule has 11 heteroatoms. The maximum atomic E-state index is 15.5. The van der Waals surface area contributed by atoms with Crippen LogP contribution in [0, 0.1) is 17.5 Å². The van der Waals surface area contributed by atoms with Crippen molar-refractivity contribution >= 4 is 11.9 Å². The number of rotatable bonds is 5. The third kappa shape index (κ3) is 6.59. The van der Waals surface area contributed by atoms with Crippen LogP contribution in [0.3, 0.4) is 0 Å². The second-order valence-electron chi connectivity index (χ2n) is 8.50. The van der Waals surface area contributed by atoms with Gasteiger partial charge >= 0.3 is 0 Å². The number of nitrogens with two attached hydrogens (primary N) is 1. The van der Waals surface area contributed by atoms with Gasteiger partial charge in [0.25, 0.3) is 5.91 Å². The molecule has 2 fully saturated rings. The molecule has 2 aliphatic heterocycles. The number of hydrogen-bond acceptors (Lipinski definition) is 6. The standard InChI is InChI=1S/C22H25F4N5O2.C2H6/c23-15-9-17(24)19(18(25)10-15)33-16-1-5-31(6-2-16)20(32)22(26)3-7-30(8-4-22)13-14-11-28-21(27)29-12-14;1-2/h9-12,16H,1-8,13H2,(H2,27,28,29);1-2H3. The van der Waals surface area contributed by atoms with Crippen LogP contribution in [-0.2, 0) is 11.3 Å². The van der Waals surface area contributed by atoms with Crippen molar-refractivity contribution in [1.29, 1.82) is 0 Å². The molecule has 3 heterocycles. The lowest BCUT2D eigenvalue weighted by molar-refractivity contribution is -0.149. The molecule has 0 aliphatic carbocycles. The highest BCUT2D eigenvalue weighted by Gasteiger charge is 2.44. The second kappa shape index (κ2) is 11.7. The van der Waals surface area contributed by atoms with Crippen LogP contribution in [0.1, 0.15) is 45.1 Å².